The topological polar surface area (TPSA) is 93.4 Å². The normalized spacial score (nSPS) is 20.4. The van der Waals surface area contributed by atoms with Crippen molar-refractivity contribution in [3.05, 3.63) is 22.8 Å². The van der Waals surface area contributed by atoms with Crippen LogP contribution >= 0.6 is 15.9 Å². The molecule has 1 aliphatic rings. The number of rotatable bonds is 3. The predicted molar refractivity (Wildman–Crippen MR) is 70.4 cm³/mol. The Kier molecular flexibility index (Phi) is 3.69. The molecule has 1 aromatic heterocycles. The van der Waals surface area contributed by atoms with Crippen molar-refractivity contribution in [1.82, 2.24) is 4.98 Å². The van der Waals surface area contributed by atoms with Gasteiger partial charge in [-0.2, -0.15) is 0 Å². The van der Waals surface area contributed by atoms with Crippen LogP contribution in [0.1, 0.15) is 6.42 Å². The molecule has 1 fully saturated rings. The van der Waals surface area contributed by atoms with Gasteiger partial charge in [0.2, 0.25) is 15.9 Å². The summed E-state index contributed by atoms with van der Waals surface area (Å²) in [5, 5.41) is 4.99. The van der Waals surface area contributed by atoms with Crippen molar-refractivity contribution in [3.63, 3.8) is 0 Å². The third kappa shape index (κ3) is 3.27. The van der Waals surface area contributed by atoms with Gasteiger partial charge >= 0.3 is 0 Å². The summed E-state index contributed by atoms with van der Waals surface area (Å²) in [4.78, 5) is 17.4. The molecule has 8 heteroatoms. The fourth-order valence-corrected chi connectivity index (χ4v) is 3.19. The van der Waals surface area contributed by atoms with Crippen molar-refractivity contribution >= 4 is 37.7 Å². The summed E-state index contributed by atoms with van der Waals surface area (Å²) in [5.41, 5.74) is 0. The molecule has 6 nitrogen and oxygen atoms in total. The molecule has 0 aliphatic carbocycles. The Morgan fingerprint density at radius 1 is 1.56 bits per heavy atom. The largest absolute Gasteiger partial charge is 0.296 e. The maximum Gasteiger partial charge on any atom is 0.228 e. The molecule has 1 saturated heterocycles. The van der Waals surface area contributed by atoms with E-state index in [9.17, 15) is 13.2 Å². The van der Waals surface area contributed by atoms with E-state index in [-0.39, 0.29) is 24.0 Å². The van der Waals surface area contributed by atoms with Crippen LogP contribution in [0, 0.1) is 5.92 Å². The van der Waals surface area contributed by atoms with Crippen LogP contribution in [0.5, 0.6) is 0 Å². The minimum atomic E-state index is -3.55. The Morgan fingerprint density at radius 2 is 2.28 bits per heavy atom. The van der Waals surface area contributed by atoms with Crippen LogP contribution < -0.4 is 10.0 Å². The van der Waals surface area contributed by atoms with Crippen LogP contribution in [0.25, 0.3) is 0 Å². The zero-order valence-corrected chi connectivity index (χ0v) is 11.8. The monoisotopic (exact) mass is 333 g/mol. The number of nitrogens with two attached hydrogens (primary N) is 1. The molecule has 1 amide bonds. The Morgan fingerprint density at radius 3 is 2.89 bits per heavy atom. The van der Waals surface area contributed by atoms with Gasteiger partial charge in [-0.3, -0.25) is 9.69 Å². The van der Waals surface area contributed by atoms with E-state index in [0.29, 0.717) is 12.4 Å². The van der Waals surface area contributed by atoms with Gasteiger partial charge in [0.1, 0.15) is 5.82 Å². The maximum absolute atomic E-state index is 11.8. The summed E-state index contributed by atoms with van der Waals surface area (Å²) < 4.78 is 22.8. The Bertz CT molecular complexity index is 575. The molecule has 0 radical (unpaired) electrons. The molecule has 0 saturated carbocycles. The molecule has 2 N–H and O–H groups in total. The van der Waals surface area contributed by atoms with Crippen molar-refractivity contribution in [2.45, 2.75) is 6.42 Å². The zero-order chi connectivity index (χ0) is 13.3. The Balaban J connectivity index is 2.15. The highest BCUT2D eigenvalue weighted by Crippen LogP contribution is 2.25. The molecule has 1 aromatic rings. The van der Waals surface area contributed by atoms with Crippen molar-refractivity contribution in [2.75, 3.05) is 17.2 Å². The SMILES string of the molecule is NS(=O)(=O)CC1CC(=O)N(c2cc(Br)ccn2)C1. The van der Waals surface area contributed by atoms with Gasteiger partial charge in [-0.05, 0) is 12.1 Å². The number of carbonyl (C=O) groups is 1. The number of nitrogens with zero attached hydrogens (tertiary/aromatic N) is 2. The Labute approximate surface area is 113 Å². The molecule has 0 aromatic carbocycles. The summed E-state index contributed by atoms with van der Waals surface area (Å²) in [7, 11) is -3.55. The highest BCUT2D eigenvalue weighted by Gasteiger charge is 2.33. The van der Waals surface area contributed by atoms with E-state index >= 15 is 0 Å². The quantitative estimate of drug-likeness (QED) is 0.870. The fourth-order valence-electron chi connectivity index (χ4n) is 1.98. The lowest BCUT2D eigenvalue weighted by Crippen LogP contribution is -2.28. The second kappa shape index (κ2) is 4.94. The minimum absolute atomic E-state index is 0.130. The van der Waals surface area contributed by atoms with Crippen LogP contribution in [-0.2, 0) is 14.8 Å². The number of hydrogen-bond donors (Lipinski definition) is 1. The fraction of sp³-hybridized carbons (Fsp3) is 0.400. The number of carbonyl (C=O) groups excluding carboxylic acids is 1. The second-order valence-corrected chi connectivity index (χ2v) is 6.81. The van der Waals surface area contributed by atoms with Crippen molar-refractivity contribution in [3.8, 4) is 0 Å². The summed E-state index contributed by atoms with van der Waals surface area (Å²) in [6.45, 7) is 0.332. The van der Waals surface area contributed by atoms with Gasteiger partial charge in [0, 0.05) is 29.6 Å². The summed E-state index contributed by atoms with van der Waals surface area (Å²) in [6, 6.07) is 3.48. The number of pyridine rings is 1. The van der Waals surface area contributed by atoms with Crippen LogP contribution in [0.4, 0.5) is 5.82 Å². The first kappa shape index (κ1) is 13.4. The third-order valence-corrected chi connectivity index (χ3v) is 4.09. The molecule has 2 heterocycles. The first-order valence-electron chi connectivity index (χ1n) is 5.27. The van der Waals surface area contributed by atoms with Crippen LogP contribution in [0.15, 0.2) is 22.8 Å². The average molecular weight is 334 g/mol. The maximum atomic E-state index is 11.8. The van der Waals surface area contributed by atoms with Crippen LogP contribution in [-0.4, -0.2) is 31.6 Å². The van der Waals surface area contributed by atoms with E-state index in [4.69, 9.17) is 5.14 Å². The molecule has 98 valence electrons. The van der Waals surface area contributed by atoms with Gasteiger partial charge in [0.25, 0.3) is 0 Å². The first-order chi connectivity index (χ1) is 8.35. The highest BCUT2D eigenvalue weighted by atomic mass is 79.9. The molecule has 0 bridgehead atoms. The lowest BCUT2D eigenvalue weighted by molar-refractivity contribution is -0.117. The van der Waals surface area contributed by atoms with Crippen molar-refractivity contribution in [1.29, 1.82) is 0 Å². The lowest BCUT2D eigenvalue weighted by atomic mass is 10.1. The Hall–Kier alpha value is -0.990. The number of anilines is 1. The van der Waals surface area contributed by atoms with E-state index < -0.39 is 10.0 Å². The van der Waals surface area contributed by atoms with Gasteiger partial charge in [-0.1, -0.05) is 15.9 Å². The van der Waals surface area contributed by atoms with Gasteiger partial charge in [-0.15, -0.1) is 0 Å². The minimum Gasteiger partial charge on any atom is -0.296 e. The molecule has 18 heavy (non-hydrogen) atoms. The van der Waals surface area contributed by atoms with Gasteiger partial charge < -0.3 is 0 Å². The average Bonchev–Trinajstić information content (AvgIpc) is 2.56. The van der Waals surface area contributed by atoms with Crippen molar-refractivity contribution in [2.24, 2.45) is 11.1 Å². The molecule has 1 unspecified atom stereocenters. The smallest absolute Gasteiger partial charge is 0.228 e. The van der Waals surface area contributed by atoms with Crippen LogP contribution in [0.3, 0.4) is 0 Å². The van der Waals surface area contributed by atoms with E-state index in [1.54, 1.807) is 18.3 Å². The van der Waals surface area contributed by atoms with E-state index in [0.717, 1.165) is 4.47 Å². The molecular weight excluding hydrogens is 322 g/mol. The summed E-state index contributed by atoms with van der Waals surface area (Å²) in [6.07, 6.45) is 1.77. The number of aromatic nitrogens is 1. The molecule has 0 spiro atoms. The number of hydrogen-bond acceptors (Lipinski definition) is 4. The third-order valence-electron chi connectivity index (χ3n) is 2.66. The van der Waals surface area contributed by atoms with E-state index in [2.05, 4.69) is 20.9 Å². The summed E-state index contributed by atoms with van der Waals surface area (Å²) in [5.74, 6) is -0.0581. The number of amides is 1. The second-order valence-electron chi connectivity index (χ2n) is 4.24. The number of primary sulfonamides is 1. The number of sulfonamides is 1. The lowest BCUT2D eigenvalue weighted by Gasteiger charge is -2.15. The standard InChI is InChI=1S/C10H12BrN3O3S/c11-8-1-2-13-9(4-8)14-5-7(3-10(14)15)6-18(12,16)17/h1-2,4,7H,3,5-6H2,(H2,12,16,17). The molecular formula is C10H12BrN3O3S. The van der Waals surface area contributed by atoms with Gasteiger partial charge in [0.15, 0.2) is 0 Å². The number of halogens is 1. The summed E-state index contributed by atoms with van der Waals surface area (Å²) >= 11 is 3.30. The molecule has 1 aliphatic heterocycles. The molecule has 1 atom stereocenters. The van der Waals surface area contributed by atoms with Gasteiger partial charge in [-0.25, -0.2) is 18.5 Å². The van der Waals surface area contributed by atoms with E-state index in [1.807, 2.05) is 0 Å². The van der Waals surface area contributed by atoms with E-state index in [1.165, 1.54) is 4.90 Å². The highest BCUT2D eigenvalue weighted by molar-refractivity contribution is 9.10. The zero-order valence-electron chi connectivity index (χ0n) is 9.41. The van der Waals surface area contributed by atoms with Crippen molar-refractivity contribution < 1.29 is 13.2 Å². The van der Waals surface area contributed by atoms with Gasteiger partial charge in [0.05, 0.1) is 5.75 Å². The van der Waals surface area contributed by atoms with Crippen LogP contribution in [0.2, 0.25) is 0 Å². The predicted octanol–water partition coefficient (Wildman–Crippen LogP) is 0.486. The molecule has 2 rings (SSSR count). The first-order valence-corrected chi connectivity index (χ1v) is 7.78.